The first kappa shape index (κ1) is 13.8. The summed E-state index contributed by atoms with van der Waals surface area (Å²) in [6, 6.07) is 8.34. The number of hydrogen-bond donors (Lipinski definition) is 2. The number of carbonyl (C=O) groups excluding carboxylic acids is 1. The van der Waals surface area contributed by atoms with Crippen LogP contribution in [0.3, 0.4) is 0 Å². The van der Waals surface area contributed by atoms with Gasteiger partial charge in [-0.2, -0.15) is 0 Å². The highest BCUT2D eigenvalue weighted by molar-refractivity contribution is 5.90. The number of nitrogens with zero attached hydrogens (tertiary/aromatic N) is 3. The standard InChI is InChI=1S/C14H13N5O3/c20-12(16-10-4-3-7-15-13(10)21)6-9-19-14(22)18-8-2-1-5-11(18)17-19/h1-5,7-8H,6,9H2,(H,15,21)(H,16,20). The highest BCUT2D eigenvalue weighted by Gasteiger charge is 2.09. The first-order valence-corrected chi connectivity index (χ1v) is 6.67. The summed E-state index contributed by atoms with van der Waals surface area (Å²) in [5, 5.41) is 6.63. The Hall–Kier alpha value is -3.16. The molecule has 0 atom stereocenters. The van der Waals surface area contributed by atoms with E-state index >= 15 is 0 Å². The van der Waals surface area contributed by atoms with Crippen molar-refractivity contribution in [2.45, 2.75) is 13.0 Å². The molecule has 0 spiro atoms. The van der Waals surface area contributed by atoms with Crippen LogP contribution in [0, 0.1) is 0 Å². The number of aromatic amines is 1. The molecule has 0 unspecified atom stereocenters. The van der Waals surface area contributed by atoms with Crippen molar-refractivity contribution in [2.75, 3.05) is 5.32 Å². The van der Waals surface area contributed by atoms with Crippen LogP contribution in [0.5, 0.6) is 0 Å². The maximum Gasteiger partial charge on any atom is 0.350 e. The highest BCUT2D eigenvalue weighted by Crippen LogP contribution is 1.99. The van der Waals surface area contributed by atoms with E-state index in [9.17, 15) is 14.4 Å². The van der Waals surface area contributed by atoms with Crippen LogP contribution in [0.4, 0.5) is 5.69 Å². The lowest BCUT2D eigenvalue weighted by molar-refractivity contribution is -0.116. The zero-order chi connectivity index (χ0) is 15.5. The summed E-state index contributed by atoms with van der Waals surface area (Å²) in [7, 11) is 0. The second kappa shape index (κ2) is 5.68. The predicted molar refractivity (Wildman–Crippen MR) is 79.8 cm³/mol. The average molecular weight is 299 g/mol. The molecule has 0 saturated carbocycles. The molecule has 8 heteroatoms. The Morgan fingerprint density at radius 1 is 1.23 bits per heavy atom. The Morgan fingerprint density at radius 2 is 2.09 bits per heavy atom. The summed E-state index contributed by atoms with van der Waals surface area (Å²) in [6.45, 7) is 0.136. The monoisotopic (exact) mass is 299 g/mol. The number of rotatable bonds is 4. The molecule has 3 rings (SSSR count). The van der Waals surface area contributed by atoms with Crippen LogP contribution < -0.4 is 16.6 Å². The SMILES string of the molecule is O=C(CCn1nc2ccccn2c1=O)Nc1ccc[nH]c1=O. The zero-order valence-electron chi connectivity index (χ0n) is 11.5. The van der Waals surface area contributed by atoms with Crippen LogP contribution in [0.15, 0.2) is 52.3 Å². The minimum atomic E-state index is -0.374. The molecule has 22 heavy (non-hydrogen) atoms. The number of anilines is 1. The Morgan fingerprint density at radius 3 is 2.86 bits per heavy atom. The molecule has 3 aromatic heterocycles. The quantitative estimate of drug-likeness (QED) is 0.719. The number of hydrogen-bond acceptors (Lipinski definition) is 4. The van der Waals surface area contributed by atoms with Gasteiger partial charge in [0.2, 0.25) is 5.91 Å². The third-order valence-electron chi connectivity index (χ3n) is 3.13. The maximum absolute atomic E-state index is 12.0. The number of nitrogens with one attached hydrogen (secondary N) is 2. The molecule has 0 aliphatic heterocycles. The van der Waals surface area contributed by atoms with E-state index in [2.05, 4.69) is 15.4 Å². The molecule has 0 aromatic carbocycles. The number of H-pyrrole nitrogens is 1. The summed E-state index contributed by atoms with van der Waals surface area (Å²) in [6.07, 6.45) is 3.14. The van der Waals surface area contributed by atoms with Gasteiger partial charge in [-0.3, -0.25) is 14.0 Å². The minimum Gasteiger partial charge on any atom is -0.327 e. The van der Waals surface area contributed by atoms with Crippen molar-refractivity contribution < 1.29 is 4.79 Å². The van der Waals surface area contributed by atoms with Gasteiger partial charge >= 0.3 is 5.69 Å². The first-order chi connectivity index (χ1) is 10.6. The van der Waals surface area contributed by atoms with Crippen LogP contribution in [0.25, 0.3) is 5.65 Å². The molecule has 8 nitrogen and oxygen atoms in total. The number of carbonyl (C=O) groups is 1. The van der Waals surface area contributed by atoms with Crippen LogP contribution in [0.2, 0.25) is 0 Å². The Bertz CT molecular complexity index is 937. The summed E-state index contributed by atoms with van der Waals surface area (Å²) in [4.78, 5) is 37.8. The third kappa shape index (κ3) is 2.66. The van der Waals surface area contributed by atoms with Crippen LogP contribution in [-0.2, 0) is 11.3 Å². The fraction of sp³-hybridized carbons (Fsp3) is 0.143. The van der Waals surface area contributed by atoms with E-state index in [1.807, 2.05) is 0 Å². The molecule has 0 saturated heterocycles. The number of aryl methyl sites for hydroxylation is 1. The molecule has 3 aromatic rings. The van der Waals surface area contributed by atoms with Crippen molar-refractivity contribution in [3.63, 3.8) is 0 Å². The molecule has 0 fully saturated rings. The number of aromatic nitrogens is 4. The lowest BCUT2D eigenvalue weighted by atomic mass is 10.3. The predicted octanol–water partition coefficient (Wildman–Crippen LogP) is 0.213. The first-order valence-electron chi connectivity index (χ1n) is 6.67. The van der Waals surface area contributed by atoms with E-state index in [1.54, 1.807) is 30.5 Å². The Kier molecular flexibility index (Phi) is 3.57. The molecular weight excluding hydrogens is 286 g/mol. The largest absolute Gasteiger partial charge is 0.350 e. The smallest absolute Gasteiger partial charge is 0.327 e. The van der Waals surface area contributed by atoms with Gasteiger partial charge < -0.3 is 10.3 Å². The summed E-state index contributed by atoms with van der Waals surface area (Å²) < 4.78 is 2.63. The fourth-order valence-electron chi connectivity index (χ4n) is 2.05. The lowest BCUT2D eigenvalue weighted by Gasteiger charge is -2.03. The van der Waals surface area contributed by atoms with Crippen LogP contribution in [0.1, 0.15) is 6.42 Å². The van der Waals surface area contributed by atoms with Crippen molar-refractivity contribution >= 4 is 17.2 Å². The average Bonchev–Trinajstić information content (AvgIpc) is 2.84. The van der Waals surface area contributed by atoms with E-state index in [4.69, 9.17) is 0 Å². The van der Waals surface area contributed by atoms with Gasteiger partial charge in [0.1, 0.15) is 5.69 Å². The number of pyridine rings is 2. The van der Waals surface area contributed by atoms with Gasteiger partial charge in [-0.15, -0.1) is 5.10 Å². The normalized spacial score (nSPS) is 10.7. The molecule has 0 bridgehead atoms. The molecule has 0 aliphatic rings. The van der Waals surface area contributed by atoms with Crippen molar-refractivity contribution in [3.8, 4) is 0 Å². The molecule has 2 N–H and O–H groups in total. The van der Waals surface area contributed by atoms with Crippen molar-refractivity contribution in [1.29, 1.82) is 0 Å². The molecule has 3 heterocycles. The van der Waals surface area contributed by atoms with Gasteiger partial charge in [0.05, 0.1) is 6.54 Å². The van der Waals surface area contributed by atoms with Crippen molar-refractivity contribution in [3.05, 3.63) is 63.6 Å². The third-order valence-corrected chi connectivity index (χ3v) is 3.13. The lowest BCUT2D eigenvalue weighted by Crippen LogP contribution is -2.25. The highest BCUT2D eigenvalue weighted by atomic mass is 16.2. The van der Waals surface area contributed by atoms with E-state index < -0.39 is 0 Å². The van der Waals surface area contributed by atoms with E-state index in [0.717, 1.165) is 0 Å². The molecule has 0 radical (unpaired) electrons. The molecule has 112 valence electrons. The minimum absolute atomic E-state index is 0.0398. The van der Waals surface area contributed by atoms with E-state index in [-0.39, 0.29) is 35.8 Å². The maximum atomic E-state index is 12.0. The van der Waals surface area contributed by atoms with Crippen molar-refractivity contribution in [1.82, 2.24) is 19.2 Å². The second-order valence-corrected chi connectivity index (χ2v) is 4.65. The van der Waals surface area contributed by atoms with Gasteiger partial charge in [-0.25, -0.2) is 9.48 Å². The molecule has 1 amide bonds. The Labute approximate surface area is 124 Å². The van der Waals surface area contributed by atoms with Crippen LogP contribution in [-0.4, -0.2) is 25.1 Å². The van der Waals surface area contributed by atoms with E-state index in [0.29, 0.717) is 5.65 Å². The summed E-state index contributed by atoms with van der Waals surface area (Å²) >= 11 is 0. The number of fused-ring (bicyclic) bond motifs is 1. The zero-order valence-corrected chi connectivity index (χ0v) is 11.5. The van der Waals surface area contributed by atoms with Crippen molar-refractivity contribution in [2.24, 2.45) is 0 Å². The summed E-state index contributed by atoms with van der Waals surface area (Å²) in [5.41, 5.74) is 0.0176. The van der Waals surface area contributed by atoms with Gasteiger partial charge in [-0.1, -0.05) is 6.07 Å². The van der Waals surface area contributed by atoms with Crippen LogP contribution >= 0.6 is 0 Å². The molecule has 0 aliphatic carbocycles. The van der Waals surface area contributed by atoms with Gasteiger partial charge in [0.15, 0.2) is 5.65 Å². The van der Waals surface area contributed by atoms with E-state index in [1.165, 1.54) is 21.3 Å². The molecular formula is C14H13N5O3. The van der Waals surface area contributed by atoms with Gasteiger partial charge in [0, 0.05) is 18.8 Å². The van der Waals surface area contributed by atoms with Gasteiger partial charge in [-0.05, 0) is 24.3 Å². The topological polar surface area (TPSA) is 101 Å². The second-order valence-electron chi connectivity index (χ2n) is 4.65. The number of amides is 1. The van der Waals surface area contributed by atoms with Gasteiger partial charge in [0.25, 0.3) is 5.56 Å². The summed E-state index contributed by atoms with van der Waals surface area (Å²) in [5.74, 6) is -0.361. The Balaban J connectivity index is 1.70. The fourth-order valence-corrected chi connectivity index (χ4v) is 2.05.